The second-order valence-corrected chi connectivity index (χ2v) is 7.39. The first-order chi connectivity index (χ1) is 10.8. The van der Waals surface area contributed by atoms with Crippen LogP contribution in [0.1, 0.15) is 32.5 Å². The summed E-state index contributed by atoms with van der Waals surface area (Å²) >= 11 is 13.2. The number of amides is 1. The van der Waals surface area contributed by atoms with Gasteiger partial charge in [-0.1, -0.05) is 48.8 Å². The number of nitrogens with one attached hydrogen (secondary N) is 1. The molecule has 1 aromatic heterocycles. The smallest absolute Gasteiger partial charge is 0.237 e. The lowest BCUT2D eigenvalue weighted by Crippen LogP contribution is -2.24. The largest absolute Gasteiger partial charge is 0.336 e. The van der Waals surface area contributed by atoms with Gasteiger partial charge in [-0.25, -0.2) is 4.68 Å². The molecule has 0 saturated carbocycles. The minimum absolute atomic E-state index is 0.149. The Morgan fingerprint density at radius 1 is 1.30 bits per heavy atom. The Morgan fingerprint density at radius 3 is 2.61 bits per heavy atom. The summed E-state index contributed by atoms with van der Waals surface area (Å²) < 4.78 is 1.41. The number of carbonyl (C=O) groups is 1. The molecular formula is C14H17Cl2N5OS. The van der Waals surface area contributed by atoms with Crippen molar-refractivity contribution in [2.45, 2.75) is 37.1 Å². The lowest BCUT2D eigenvalue weighted by molar-refractivity contribution is -0.115. The minimum atomic E-state index is -0.434. The number of nitrogens with zero attached hydrogens (tertiary/aromatic N) is 3. The molecule has 1 atom stereocenters. The van der Waals surface area contributed by atoms with E-state index in [1.54, 1.807) is 25.1 Å². The highest BCUT2D eigenvalue weighted by Crippen LogP contribution is 2.28. The van der Waals surface area contributed by atoms with Gasteiger partial charge >= 0.3 is 0 Å². The molecule has 1 heterocycles. The van der Waals surface area contributed by atoms with Gasteiger partial charge in [-0.15, -0.1) is 10.2 Å². The van der Waals surface area contributed by atoms with E-state index in [4.69, 9.17) is 29.0 Å². The number of carbonyl (C=O) groups excluding carboxylic acids is 1. The fourth-order valence-electron chi connectivity index (χ4n) is 1.80. The molecule has 2 rings (SSSR count). The van der Waals surface area contributed by atoms with Crippen LogP contribution < -0.4 is 11.2 Å². The zero-order valence-electron chi connectivity index (χ0n) is 12.9. The SMILES string of the molecule is CC(C)c1nnc(S[C@@H](C)C(=O)Nc2cc(Cl)ccc2Cl)n1N. The Bertz CT molecular complexity index is 719. The zero-order chi connectivity index (χ0) is 17.1. The summed E-state index contributed by atoms with van der Waals surface area (Å²) in [5, 5.41) is 11.8. The van der Waals surface area contributed by atoms with Crippen molar-refractivity contribution in [1.82, 2.24) is 14.9 Å². The first kappa shape index (κ1) is 17.9. The van der Waals surface area contributed by atoms with Crippen LogP contribution in [-0.4, -0.2) is 26.0 Å². The number of hydrogen-bond acceptors (Lipinski definition) is 5. The molecule has 0 radical (unpaired) electrons. The van der Waals surface area contributed by atoms with Gasteiger partial charge in [0.25, 0.3) is 0 Å². The number of halogens is 2. The Hall–Kier alpha value is -1.44. The summed E-state index contributed by atoms with van der Waals surface area (Å²) in [4.78, 5) is 12.3. The van der Waals surface area contributed by atoms with Crippen molar-refractivity contribution in [2.24, 2.45) is 0 Å². The standard InChI is InChI=1S/C14H17Cl2N5OS/c1-7(2)12-19-20-14(21(12)17)23-8(3)13(22)18-11-6-9(15)4-5-10(11)16/h4-8H,17H2,1-3H3,(H,18,22)/t8-/m0/s1. The number of hydrogen-bond donors (Lipinski definition) is 2. The van der Waals surface area contributed by atoms with Crippen LogP contribution in [0.3, 0.4) is 0 Å². The van der Waals surface area contributed by atoms with Crippen LogP contribution in [0.2, 0.25) is 10.0 Å². The Kier molecular flexibility index (Phi) is 5.78. The van der Waals surface area contributed by atoms with E-state index in [1.807, 2.05) is 13.8 Å². The van der Waals surface area contributed by atoms with Gasteiger partial charge in [-0.3, -0.25) is 4.79 Å². The quantitative estimate of drug-likeness (QED) is 0.618. The van der Waals surface area contributed by atoms with Crippen LogP contribution in [-0.2, 0) is 4.79 Å². The summed E-state index contributed by atoms with van der Waals surface area (Å²) in [6, 6.07) is 4.88. The molecule has 0 aliphatic carbocycles. The molecule has 0 unspecified atom stereocenters. The number of aromatic nitrogens is 3. The lowest BCUT2D eigenvalue weighted by Gasteiger charge is -2.13. The zero-order valence-corrected chi connectivity index (χ0v) is 15.2. The third-order valence-corrected chi connectivity index (χ3v) is 4.67. The predicted octanol–water partition coefficient (Wildman–Crippen LogP) is 3.54. The number of anilines is 1. The molecule has 9 heteroatoms. The first-order valence-electron chi connectivity index (χ1n) is 6.92. The normalized spacial score (nSPS) is 12.4. The second kappa shape index (κ2) is 7.42. The highest BCUT2D eigenvalue weighted by Gasteiger charge is 2.21. The van der Waals surface area contributed by atoms with E-state index in [1.165, 1.54) is 16.4 Å². The van der Waals surface area contributed by atoms with Crippen LogP contribution >= 0.6 is 35.0 Å². The van der Waals surface area contributed by atoms with Crippen molar-refractivity contribution in [2.75, 3.05) is 11.2 Å². The van der Waals surface area contributed by atoms with E-state index in [9.17, 15) is 4.79 Å². The van der Waals surface area contributed by atoms with Crippen molar-refractivity contribution >= 4 is 46.6 Å². The van der Waals surface area contributed by atoms with Crippen LogP contribution in [0, 0.1) is 0 Å². The molecule has 1 aromatic carbocycles. The summed E-state index contributed by atoms with van der Waals surface area (Å²) in [5.41, 5.74) is 0.466. The van der Waals surface area contributed by atoms with Crippen molar-refractivity contribution in [3.05, 3.63) is 34.1 Å². The van der Waals surface area contributed by atoms with E-state index in [2.05, 4.69) is 15.5 Å². The predicted molar refractivity (Wildman–Crippen MR) is 94.7 cm³/mol. The third-order valence-electron chi connectivity index (χ3n) is 3.04. The molecule has 0 fully saturated rings. The monoisotopic (exact) mass is 373 g/mol. The van der Waals surface area contributed by atoms with Crippen molar-refractivity contribution in [3.8, 4) is 0 Å². The first-order valence-corrected chi connectivity index (χ1v) is 8.56. The van der Waals surface area contributed by atoms with Crippen LogP contribution in [0.4, 0.5) is 5.69 Å². The van der Waals surface area contributed by atoms with Crippen LogP contribution in [0.5, 0.6) is 0 Å². The molecule has 0 bridgehead atoms. The molecule has 2 aromatic rings. The van der Waals surface area contributed by atoms with Crippen molar-refractivity contribution in [3.63, 3.8) is 0 Å². The summed E-state index contributed by atoms with van der Waals surface area (Å²) in [7, 11) is 0. The molecule has 6 nitrogen and oxygen atoms in total. The highest BCUT2D eigenvalue weighted by molar-refractivity contribution is 8.00. The number of nitrogen functional groups attached to an aromatic ring is 1. The van der Waals surface area contributed by atoms with Gasteiger partial charge < -0.3 is 11.2 Å². The number of nitrogens with two attached hydrogens (primary N) is 1. The second-order valence-electron chi connectivity index (χ2n) is 5.24. The Balaban J connectivity index is 2.07. The van der Waals surface area contributed by atoms with Gasteiger partial charge in [0.15, 0.2) is 5.82 Å². The van der Waals surface area contributed by atoms with Gasteiger partial charge in [0, 0.05) is 10.9 Å². The maximum atomic E-state index is 12.3. The van der Waals surface area contributed by atoms with E-state index in [0.29, 0.717) is 26.7 Å². The van der Waals surface area contributed by atoms with Crippen molar-refractivity contribution < 1.29 is 4.79 Å². The number of benzene rings is 1. The maximum Gasteiger partial charge on any atom is 0.237 e. The van der Waals surface area contributed by atoms with Crippen LogP contribution in [0.15, 0.2) is 23.4 Å². The lowest BCUT2D eigenvalue weighted by atomic mass is 10.2. The van der Waals surface area contributed by atoms with Gasteiger partial charge in [0.2, 0.25) is 11.1 Å². The molecule has 124 valence electrons. The summed E-state index contributed by atoms with van der Waals surface area (Å²) in [6.45, 7) is 5.69. The summed E-state index contributed by atoms with van der Waals surface area (Å²) in [6.07, 6.45) is 0. The molecule has 1 amide bonds. The maximum absolute atomic E-state index is 12.3. The third kappa shape index (κ3) is 4.31. The Labute approximate surface area is 148 Å². The molecule has 0 aliphatic rings. The average Bonchev–Trinajstić information content (AvgIpc) is 2.84. The molecule has 0 saturated heterocycles. The number of thioether (sulfide) groups is 1. The van der Waals surface area contributed by atoms with Crippen molar-refractivity contribution in [1.29, 1.82) is 0 Å². The van der Waals surface area contributed by atoms with Crippen LogP contribution in [0.25, 0.3) is 0 Å². The van der Waals surface area contributed by atoms with E-state index in [0.717, 1.165) is 0 Å². The average molecular weight is 374 g/mol. The number of rotatable bonds is 5. The molecule has 3 N–H and O–H groups in total. The molecule has 0 spiro atoms. The van der Waals surface area contributed by atoms with Gasteiger partial charge in [-0.2, -0.15) is 0 Å². The topological polar surface area (TPSA) is 85.8 Å². The van der Waals surface area contributed by atoms with E-state index < -0.39 is 5.25 Å². The van der Waals surface area contributed by atoms with Gasteiger partial charge in [0.05, 0.1) is 16.0 Å². The molecule has 0 aliphatic heterocycles. The fraction of sp³-hybridized carbons (Fsp3) is 0.357. The fourth-order valence-corrected chi connectivity index (χ4v) is 2.92. The minimum Gasteiger partial charge on any atom is -0.336 e. The Morgan fingerprint density at radius 2 is 2.00 bits per heavy atom. The van der Waals surface area contributed by atoms with E-state index >= 15 is 0 Å². The van der Waals surface area contributed by atoms with Gasteiger partial charge in [-0.05, 0) is 25.1 Å². The highest BCUT2D eigenvalue weighted by atomic mass is 35.5. The molecular weight excluding hydrogens is 357 g/mol. The van der Waals surface area contributed by atoms with Gasteiger partial charge in [0.1, 0.15) is 0 Å². The van der Waals surface area contributed by atoms with E-state index in [-0.39, 0.29) is 11.8 Å². The summed E-state index contributed by atoms with van der Waals surface area (Å²) in [5.74, 6) is 6.54. The molecule has 23 heavy (non-hydrogen) atoms.